The van der Waals surface area contributed by atoms with E-state index in [1.54, 1.807) is 11.2 Å². The van der Waals surface area contributed by atoms with Crippen LogP contribution in [0.5, 0.6) is 0 Å². The quantitative estimate of drug-likeness (QED) is 0.912. The number of rotatable bonds is 2. The molecule has 1 aliphatic heterocycles. The zero-order valence-electron chi connectivity index (χ0n) is 12.0. The molecule has 0 aliphatic carbocycles. The highest BCUT2D eigenvalue weighted by Gasteiger charge is 2.20. The molecular formula is C16H18N2O3. The van der Waals surface area contributed by atoms with E-state index in [0.717, 1.165) is 22.1 Å². The summed E-state index contributed by atoms with van der Waals surface area (Å²) in [4.78, 5) is 25.4. The van der Waals surface area contributed by atoms with Crippen molar-refractivity contribution in [2.75, 3.05) is 19.6 Å². The van der Waals surface area contributed by atoms with Gasteiger partial charge in [0.05, 0.1) is 12.7 Å². The van der Waals surface area contributed by atoms with E-state index < -0.39 is 0 Å². The Hall–Kier alpha value is -2.30. The predicted molar refractivity (Wildman–Crippen MR) is 78.9 cm³/mol. The topological polar surface area (TPSA) is 62.6 Å². The Morgan fingerprint density at radius 3 is 3.10 bits per heavy atom. The Morgan fingerprint density at radius 1 is 1.38 bits per heavy atom. The molecule has 5 nitrogen and oxygen atoms in total. The van der Waals surface area contributed by atoms with Crippen molar-refractivity contribution >= 4 is 22.8 Å². The number of nitrogens with zero attached hydrogens (tertiary/aromatic N) is 1. The van der Waals surface area contributed by atoms with Crippen molar-refractivity contribution in [2.45, 2.75) is 19.8 Å². The number of hydrogen-bond donors (Lipinski definition) is 1. The molecule has 0 saturated carbocycles. The van der Waals surface area contributed by atoms with Crippen molar-refractivity contribution in [1.82, 2.24) is 10.2 Å². The highest BCUT2D eigenvalue weighted by molar-refractivity contribution is 5.88. The van der Waals surface area contributed by atoms with Crippen LogP contribution in [0.25, 0.3) is 11.0 Å². The standard InChI is InChI=1S/C16H18N2O3/c1-11-2-3-13-12(10-21-14(13)8-11)9-16(20)18-6-4-15(19)17-5-7-18/h2-3,8,10H,4-7,9H2,1H3,(H,17,19). The molecule has 1 N–H and O–H groups in total. The first-order chi connectivity index (χ1) is 10.1. The summed E-state index contributed by atoms with van der Waals surface area (Å²) in [5.74, 6) is 0.0457. The average molecular weight is 286 g/mol. The second-order valence-corrected chi connectivity index (χ2v) is 5.42. The molecule has 21 heavy (non-hydrogen) atoms. The van der Waals surface area contributed by atoms with Gasteiger partial charge in [0.15, 0.2) is 0 Å². The third kappa shape index (κ3) is 2.91. The van der Waals surface area contributed by atoms with Gasteiger partial charge in [-0.3, -0.25) is 9.59 Å². The van der Waals surface area contributed by atoms with Crippen molar-refractivity contribution in [2.24, 2.45) is 0 Å². The molecule has 1 aliphatic rings. The van der Waals surface area contributed by atoms with Gasteiger partial charge in [0.2, 0.25) is 11.8 Å². The molecule has 2 heterocycles. The Kier molecular flexibility index (Phi) is 3.64. The fourth-order valence-electron chi connectivity index (χ4n) is 2.62. The highest BCUT2D eigenvalue weighted by Crippen LogP contribution is 2.23. The Bertz CT molecular complexity index is 690. The summed E-state index contributed by atoms with van der Waals surface area (Å²) in [5, 5.41) is 3.76. The maximum Gasteiger partial charge on any atom is 0.227 e. The molecule has 0 bridgehead atoms. The van der Waals surface area contributed by atoms with E-state index in [9.17, 15) is 9.59 Å². The van der Waals surface area contributed by atoms with Crippen molar-refractivity contribution in [3.05, 3.63) is 35.6 Å². The number of carbonyl (C=O) groups is 2. The second kappa shape index (κ2) is 5.60. The molecule has 110 valence electrons. The van der Waals surface area contributed by atoms with Gasteiger partial charge in [0, 0.05) is 37.0 Å². The van der Waals surface area contributed by atoms with E-state index in [1.807, 2.05) is 25.1 Å². The number of hydrogen-bond acceptors (Lipinski definition) is 3. The highest BCUT2D eigenvalue weighted by atomic mass is 16.3. The molecule has 5 heteroatoms. The lowest BCUT2D eigenvalue weighted by atomic mass is 10.1. The second-order valence-electron chi connectivity index (χ2n) is 5.42. The molecule has 0 radical (unpaired) electrons. The lowest BCUT2D eigenvalue weighted by Gasteiger charge is -2.19. The van der Waals surface area contributed by atoms with Crippen LogP contribution in [0.15, 0.2) is 28.9 Å². The predicted octanol–water partition coefficient (Wildman–Crippen LogP) is 1.63. The van der Waals surface area contributed by atoms with Gasteiger partial charge in [-0.05, 0) is 18.6 Å². The summed E-state index contributed by atoms with van der Waals surface area (Å²) in [6.45, 7) is 3.59. The molecule has 0 unspecified atom stereocenters. The van der Waals surface area contributed by atoms with Crippen LogP contribution in [0.1, 0.15) is 17.5 Å². The van der Waals surface area contributed by atoms with Crippen molar-refractivity contribution in [3.63, 3.8) is 0 Å². The zero-order valence-corrected chi connectivity index (χ0v) is 12.0. The maximum absolute atomic E-state index is 12.4. The SMILES string of the molecule is Cc1ccc2c(CC(=O)N3CCNC(=O)CC3)coc2c1. The molecule has 2 aromatic rings. The van der Waals surface area contributed by atoms with E-state index in [4.69, 9.17) is 4.42 Å². The fourth-order valence-corrected chi connectivity index (χ4v) is 2.62. The first-order valence-electron chi connectivity index (χ1n) is 7.15. The van der Waals surface area contributed by atoms with Gasteiger partial charge in [0.1, 0.15) is 5.58 Å². The van der Waals surface area contributed by atoms with Gasteiger partial charge in [-0.25, -0.2) is 0 Å². The molecule has 0 atom stereocenters. The normalized spacial score (nSPS) is 15.9. The first kappa shape index (κ1) is 13.7. The summed E-state index contributed by atoms with van der Waals surface area (Å²) in [7, 11) is 0. The average Bonchev–Trinajstić information content (AvgIpc) is 2.70. The third-order valence-electron chi connectivity index (χ3n) is 3.82. The maximum atomic E-state index is 12.4. The summed E-state index contributed by atoms with van der Waals surface area (Å²) in [6, 6.07) is 5.97. The van der Waals surface area contributed by atoms with Gasteiger partial charge >= 0.3 is 0 Å². The van der Waals surface area contributed by atoms with Gasteiger partial charge in [-0.2, -0.15) is 0 Å². The van der Waals surface area contributed by atoms with Crippen molar-refractivity contribution < 1.29 is 14.0 Å². The van der Waals surface area contributed by atoms with E-state index >= 15 is 0 Å². The number of fused-ring (bicyclic) bond motifs is 1. The van der Waals surface area contributed by atoms with Gasteiger partial charge in [-0.1, -0.05) is 12.1 Å². The van der Waals surface area contributed by atoms with E-state index in [-0.39, 0.29) is 11.8 Å². The van der Waals surface area contributed by atoms with Gasteiger partial charge < -0.3 is 14.6 Å². The number of amides is 2. The minimum absolute atomic E-state index is 0.00883. The van der Waals surface area contributed by atoms with Crippen LogP contribution in [0.2, 0.25) is 0 Å². The number of carbonyl (C=O) groups excluding carboxylic acids is 2. The molecule has 1 saturated heterocycles. The van der Waals surface area contributed by atoms with Crippen molar-refractivity contribution in [3.8, 4) is 0 Å². The van der Waals surface area contributed by atoms with E-state index in [1.165, 1.54) is 0 Å². The number of benzene rings is 1. The zero-order chi connectivity index (χ0) is 14.8. The summed E-state index contributed by atoms with van der Waals surface area (Å²) in [6.07, 6.45) is 2.34. The fraction of sp³-hybridized carbons (Fsp3) is 0.375. The minimum Gasteiger partial charge on any atom is -0.464 e. The number of furan rings is 1. The molecule has 3 rings (SSSR count). The Morgan fingerprint density at radius 2 is 2.24 bits per heavy atom. The summed E-state index contributed by atoms with van der Waals surface area (Å²) in [5.41, 5.74) is 2.84. The lowest BCUT2D eigenvalue weighted by Crippen LogP contribution is -2.35. The number of aryl methyl sites for hydroxylation is 1. The monoisotopic (exact) mass is 286 g/mol. The van der Waals surface area contributed by atoms with Gasteiger partial charge in [-0.15, -0.1) is 0 Å². The third-order valence-corrected chi connectivity index (χ3v) is 3.82. The molecule has 0 spiro atoms. The first-order valence-corrected chi connectivity index (χ1v) is 7.15. The minimum atomic E-state index is 0.00883. The van der Waals surface area contributed by atoms with Crippen LogP contribution in [0.3, 0.4) is 0 Å². The van der Waals surface area contributed by atoms with Crippen LogP contribution < -0.4 is 5.32 Å². The van der Waals surface area contributed by atoms with Gasteiger partial charge in [0.25, 0.3) is 0 Å². The van der Waals surface area contributed by atoms with Crippen LogP contribution in [-0.4, -0.2) is 36.3 Å². The molecule has 1 aromatic carbocycles. The largest absolute Gasteiger partial charge is 0.464 e. The molecule has 1 aromatic heterocycles. The van der Waals surface area contributed by atoms with Crippen LogP contribution in [0.4, 0.5) is 0 Å². The van der Waals surface area contributed by atoms with Crippen LogP contribution >= 0.6 is 0 Å². The number of nitrogens with one attached hydrogen (secondary N) is 1. The Labute approximate surface area is 122 Å². The van der Waals surface area contributed by atoms with E-state index in [0.29, 0.717) is 32.5 Å². The lowest BCUT2D eigenvalue weighted by molar-refractivity contribution is -0.130. The Balaban J connectivity index is 1.75. The summed E-state index contributed by atoms with van der Waals surface area (Å²) >= 11 is 0. The van der Waals surface area contributed by atoms with E-state index in [2.05, 4.69) is 5.32 Å². The molecule has 2 amide bonds. The molecular weight excluding hydrogens is 268 g/mol. The summed E-state index contributed by atoms with van der Waals surface area (Å²) < 4.78 is 5.52. The molecule has 1 fully saturated rings. The van der Waals surface area contributed by atoms with Crippen molar-refractivity contribution in [1.29, 1.82) is 0 Å². The van der Waals surface area contributed by atoms with Crippen LogP contribution in [-0.2, 0) is 16.0 Å². The smallest absolute Gasteiger partial charge is 0.227 e. The van der Waals surface area contributed by atoms with Crippen LogP contribution in [0, 0.1) is 6.92 Å².